The van der Waals surface area contributed by atoms with Crippen LogP contribution in [0.15, 0.2) is 47.4 Å². The van der Waals surface area contributed by atoms with Gasteiger partial charge in [-0.25, -0.2) is 4.39 Å². The monoisotopic (exact) mass is 340 g/mol. The molecule has 0 aliphatic carbocycles. The van der Waals surface area contributed by atoms with Gasteiger partial charge in [0.1, 0.15) is 11.9 Å². The Morgan fingerprint density at radius 1 is 1.08 bits per heavy atom. The Morgan fingerprint density at radius 2 is 1.83 bits per heavy atom. The lowest BCUT2D eigenvalue weighted by Crippen LogP contribution is -2.29. The molecular weight excluding hydrogens is 319 g/mol. The van der Waals surface area contributed by atoms with Gasteiger partial charge in [-0.15, -0.1) is 11.8 Å². The van der Waals surface area contributed by atoms with E-state index in [4.69, 9.17) is 0 Å². The Morgan fingerprint density at radius 3 is 2.54 bits per heavy atom. The molecule has 1 aliphatic rings. The summed E-state index contributed by atoms with van der Waals surface area (Å²) in [6.07, 6.45) is 4.01. The Bertz CT molecular complexity index is 715. The highest BCUT2D eigenvalue weighted by Crippen LogP contribution is 2.34. The first-order valence-electron chi connectivity index (χ1n) is 8.40. The Labute approximate surface area is 147 Å². The van der Waals surface area contributed by atoms with Gasteiger partial charge in [0.25, 0.3) is 0 Å². The molecule has 1 fully saturated rings. The van der Waals surface area contributed by atoms with Gasteiger partial charge in [-0.2, -0.15) is 5.26 Å². The van der Waals surface area contributed by atoms with E-state index in [1.54, 1.807) is 0 Å². The summed E-state index contributed by atoms with van der Waals surface area (Å²) in [6, 6.07) is 15.0. The SMILES string of the molecule is N#Cc1cccc(CCc2ccc(F)cc2)c1SC1CCNCC1. The maximum absolute atomic E-state index is 13.0. The van der Waals surface area contributed by atoms with E-state index < -0.39 is 0 Å². The zero-order valence-electron chi connectivity index (χ0n) is 13.6. The van der Waals surface area contributed by atoms with Gasteiger partial charge >= 0.3 is 0 Å². The predicted octanol–water partition coefficient (Wildman–Crippen LogP) is 4.33. The summed E-state index contributed by atoms with van der Waals surface area (Å²) in [5.74, 6) is -0.201. The van der Waals surface area contributed by atoms with Crippen LogP contribution in [0.4, 0.5) is 4.39 Å². The molecule has 2 aromatic carbocycles. The van der Waals surface area contributed by atoms with Crippen LogP contribution in [0.25, 0.3) is 0 Å². The molecule has 1 N–H and O–H groups in total. The first-order valence-corrected chi connectivity index (χ1v) is 9.28. The van der Waals surface area contributed by atoms with Crippen LogP contribution in [-0.2, 0) is 12.8 Å². The van der Waals surface area contributed by atoms with Crippen LogP contribution in [-0.4, -0.2) is 18.3 Å². The number of nitrogens with one attached hydrogen (secondary N) is 1. The van der Waals surface area contributed by atoms with Gasteiger partial charge < -0.3 is 5.32 Å². The molecule has 24 heavy (non-hydrogen) atoms. The topological polar surface area (TPSA) is 35.8 Å². The molecule has 2 aromatic rings. The van der Waals surface area contributed by atoms with Crippen molar-refractivity contribution in [1.82, 2.24) is 5.32 Å². The molecular formula is C20H21FN2S. The number of benzene rings is 2. The van der Waals surface area contributed by atoms with E-state index in [9.17, 15) is 9.65 Å². The molecule has 0 spiro atoms. The quantitative estimate of drug-likeness (QED) is 0.880. The van der Waals surface area contributed by atoms with Crippen molar-refractivity contribution in [3.05, 3.63) is 65.0 Å². The molecule has 2 nitrogen and oxygen atoms in total. The molecule has 124 valence electrons. The lowest BCUT2D eigenvalue weighted by atomic mass is 10.0. The zero-order chi connectivity index (χ0) is 16.8. The van der Waals surface area contributed by atoms with Crippen LogP contribution in [0, 0.1) is 17.1 Å². The number of hydrogen-bond donors (Lipinski definition) is 1. The molecule has 0 aromatic heterocycles. The van der Waals surface area contributed by atoms with Crippen molar-refractivity contribution >= 4 is 11.8 Å². The fourth-order valence-electron chi connectivity index (χ4n) is 3.02. The standard InChI is InChI=1S/C20H21FN2S/c21-18-8-5-15(6-9-18)4-7-16-2-1-3-17(14-22)20(16)24-19-10-12-23-13-11-19/h1-3,5-6,8-9,19,23H,4,7,10-13H2. The molecule has 0 bridgehead atoms. The summed E-state index contributed by atoms with van der Waals surface area (Å²) in [5.41, 5.74) is 3.12. The third-order valence-electron chi connectivity index (χ3n) is 4.38. The third-order valence-corrected chi connectivity index (χ3v) is 5.91. The minimum absolute atomic E-state index is 0.201. The number of thioether (sulfide) groups is 1. The smallest absolute Gasteiger partial charge is 0.123 e. The van der Waals surface area contributed by atoms with E-state index in [-0.39, 0.29) is 5.82 Å². The summed E-state index contributed by atoms with van der Waals surface area (Å²) >= 11 is 1.86. The molecule has 0 atom stereocenters. The second-order valence-corrected chi connectivity index (χ2v) is 7.41. The Kier molecular flexibility index (Phi) is 5.90. The van der Waals surface area contributed by atoms with Crippen LogP contribution >= 0.6 is 11.8 Å². The van der Waals surface area contributed by atoms with Crippen molar-refractivity contribution in [3.63, 3.8) is 0 Å². The second kappa shape index (κ2) is 8.32. The van der Waals surface area contributed by atoms with Crippen molar-refractivity contribution < 1.29 is 4.39 Å². The van der Waals surface area contributed by atoms with Crippen LogP contribution in [0.3, 0.4) is 0 Å². The van der Waals surface area contributed by atoms with Gasteiger partial charge in [0.15, 0.2) is 0 Å². The van der Waals surface area contributed by atoms with E-state index in [2.05, 4.69) is 17.5 Å². The molecule has 0 saturated carbocycles. The number of nitrogens with zero attached hydrogens (tertiary/aromatic N) is 1. The number of halogens is 1. The molecule has 4 heteroatoms. The minimum atomic E-state index is -0.201. The first-order chi connectivity index (χ1) is 11.8. The van der Waals surface area contributed by atoms with Crippen molar-refractivity contribution in [3.8, 4) is 6.07 Å². The number of aryl methyl sites for hydroxylation is 2. The van der Waals surface area contributed by atoms with Crippen LogP contribution < -0.4 is 5.32 Å². The normalized spacial score (nSPS) is 15.2. The zero-order valence-corrected chi connectivity index (χ0v) is 14.4. The van der Waals surface area contributed by atoms with E-state index in [1.165, 1.54) is 17.7 Å². The van der Waals surface area contributed by atoms with E-state index >= 15 is 0 Å². The van der Waals surface area contributed by atoms with E-state index in [0.29, 0.717) is 5.25 Å². The largest absolute Gasteiger partial charge is 0.317 e. The molecule has 0 radical (unpaired) electrons. The van der Waals surface area contributed by atoms with Gasteiger partial charge in [0.2, 0.25) is 0 Å². The maximum Gasteiger partial charge on any atom is 0.123 e. The van der Waals surface area contributed by atoms with Crippen molar-refractivity contribution in [1.29, 1.82) is 5.26 Å². The van der Waals surface area contributed by atoms with Crippen molar-refractivity contribution in [2.75, 3.05) is 13.1 Å². The lowest BCUT2D eigenvalue weighted by Gasteiger charge is -2.23. The molecule has 3 rings (SSSR count). The highest BCUT2D eigenvalue weighted by Gasteiger charge is 2.18. The van der Waals surface area contributed by atoms with Crippen molar-refractivity contribution in [2.24, 2.45) is 0 Å². The molecule has 1 aliphatic heterocycles. The fraction of sp³-hybridized carbons (Fsp3) is 0.350. The predicted molar refractivity (Wildman–Crippen MR) is 96.7 cm³/mol. The van der Waals surface area contributed by atoms with Gasteiger partial charge in [0.05, 0.1) is 5.56 Å². The highest BCUT2D eigenvalue weighted by atomic mass is 32.2. The maximum atomic E-state index is 13.0. The van der Waals surface area contributed by atoms with E-state index in [0.717, 1.165) is 54.8 Å². The Balaban J connectivity index is 1.76. The van der Waals surface area contributed by atoms with Gasteiger partial charge in [0, 0.05) is 10.1 Å². The van der Waals surface area contributed by atoms with Gasteiger partial charge in [-0.3, -0.25) is 0 Å². The summed E-state index contributed by atoms with van der Waals surface area (Å²) in [7, 11) is 0. The highest BCUT2D eigenvalue weighted by molar-refractivity contribution is 8.00. The van der Waals surface area contributed by atoms with Crippen molar-refractivity contribution in [2.45, 2.75) is 35.8 Å². The summed E-state index contributed by atoms with van der Waals surface area (Å²) in [5, 5.41) is 13.4. The molecule has 0 amide bonds. The average molecular weight is 340 g/mol. The van der Waals surface area contributed by atoms with E-state index in [1.807, 2.05) is 36.0 Å². The summed E-state index contributed by atoms with van der Waals surface area (Å²) in [6.45, 7) is 2.11. The summed E-state index contributed by atoms with van der Waals surface area (Å²) < 4.78 is 13.0. The number of hydrogen-bond acceptors (Lipinski definition) is 3. The number of rotatable bonds is 5. The fourth-order valence-corrected chi connectivity index (χ4v) is 4.39. The van der Waals surface area contributed by atoms with Crippen LogP contribution in [0.1, 0.15) is 29.5 Å². The second-order valence-electron chi connectivity index (χ2n) is 6.10. The lowest BCUT2D eigenvalue weighted by molar-refractivity contribution is 0.531. The summed E-state index contributed by atoms with van der Waals surface area (Å²) in [4.78, 5) is 1.13. The molecule has 0 unspecified atom stereocenters. The first kappa shape index (κ1) is 17.0. The van der Waals surface area contributed by atoms with Gasteiger partial charge in [-0.05, 0) is 68.1 Å². The number of nitriles is 1. The van der Waals surface area contributed by atoms with Crippen LogP contribution in [0.5, 0.6) is 0 Å². The third kappa shape index (κ3) is 4.37. The van der Waals surface area contributed by atoms with Gasteiger partial charge in [-0.1, -0.05) is 24.3 Å². The molecule has 1 heterocycles. The molecule has 1 saturated heterocycles. The minimum Gasteiger partial charge on any atom is -0.317 e. The van der Waals surface area contributed by atoms with Crippen LogP contribution in [0.2, 0.25) is 0 Å². The Hall–Kier alpha value is -1.83. The average Bonchev–Trinajstić information content (AvgIpc) is 2.63. The number of piperidine rings is 1.